The number of rotatable bonds is 4. The molecule has 1 saturated heterocycles. The van der Waals surface area contributed by atoms with Gasteiger partial charge in [0.15, 0.2) is 5.69 Å². The summed E-state index contributed by atoms with van der Waals surface area (Å²) in [4.78, 5) is 25.0. The molecular weight excluding hydrogens is 308 g/mol. The molecular formula is C17H20N4O3. The van der Waals surface area contributed by atoms with E-state index in [2.05, 4.69) is 10.3 Å². The van der Waals surface area contributed by atoms with Crippen LogP contribution in [0, 0.1) is 12.8 Å². The number of amides is 1. The first-order valence-electron chi connectivity index (χ1n) is 8.03. The van der Waals surface area contributed by atoms with E-state index in [1.54, 1.807) is 15.8 Å². The van der Waals surface area contributed by atoms with Crippen LogP contribution in [0.4, 0.5) is 0 Å². The van der Waals surface area contributed by atoms with Crippen LogP contribution in [0.25, 0.3) is 5.69 Å². The zero-order valence-corrected chi connectivity index (χ0v) is 13.6. The monoisotopic (exact) mass is 328 g/mol. The summed E-state index contributed by atoms with van der Waals surface area (Å²) in [5.74, 6) is -0.780. The summed E-state index contributed by atoms with van der Waals surface area (Å²) in [5.41, 5.74) is 2.28. The minimum Gasteiger partial charge on any atom is -0.481 e. The second-order valence-electron chi connectivity index (χ2n) is 6.22. The highest BCUT2D eigenvalue weighted by Gasteiger charge is 2.26. The average Bonchev–Trinajstić information content (AvgIpc) is 3.04. The van der Waals surface area contributed by atoms with Crippen LogP contribution < -0.4 is 0 Å². The van der Waals surface area contributed by atoms with Crippen LogP contribution in [0.5, 0.6) is 0 Å². The highest BCUT2D eigenvalue weighted by molar-refractivity contribution is 5.92. The Morgan fingerprint density at radius 3 is 2.71 bits per heavy atom. The second-order valence-corrected chi connectivity index (χ2v) is 6.22. The third kappa shape index (κ3) is 3.61. The number of carboxylic acids is 1. The first kappa shape index (κ1) is 16.2. The van der Waals surface area contributed by atoms with E-state index in [-0.39, 0.29) is 18.2 Å². The number of hydrogen-bond donors (Lipinski definition) is 1. The number of aliphatic carboxylic acids is 1. The molecule has 1 N–H and O–H groups in total. The van der Waals surface area contributed by atoms with Gasteiger partial charge in [-0.05, 0) is 43.4 Å². The molecule has 1 aliphatic heterocycles. The molecule has 0 bridgehead atoms. The fraction of sp³-hybridized carbons (Fsp3) is 0.412. The number of carbonyl (C=O) groups excluding carboxylic acids is 1. The Hall–Kier alpha value is -2.70. The van der Waals surface area contributed by atoms with Crippen LogP contribution in [0.15, 0.2) is 30.5 Å². The number of benzene rings is 1. The molecule has 126 valence electrons. The Bertz CT molecular complexity index is 748. The summed E-state index contributed by atoms with van der Waals surface area (Å²) in [5, 5.41) is 16.9. The fourth-order valence-corrected chi connectivity index (χ4v) is 3.01. The van der Waals surface area contributed by atoms with Gasteiger partial charge in [-0.2, -0.15) is 0 Å². The molecule has 1 fully saturated rings. The zero-order chi connectivity index (χ0) is 17.1. The van der Waals surface area contributed by atoms with Gasteiger partial charge in [0.1, 0.15) is 0 Å². The highest BCUT2D eigenvalue weighted by Crippen LogP contribution is 2.21. The molecule has 1 aromatic carbocycles. The van der Waals surface area contributed by atoms with E-state index in [1.807, 2.05) is 31.2 Å². The molecule has 1 aliphatic rings. The number of carbonyl (C=O) groups is 2. The molecule has 0 spiro atoms. The van der Waals surface area contributed by atoms with E-state index in [0.29, 0.717) is 31.6 Å². The predicted octanol–water partition coefficient (Wildman–Crippen LogP) is 1.90. The van der Waals surface area contributed by atoms with Gasteiger partial charge in [0.05, 0.1) is 11.9 Å². The van der Waals surface area contributed by atoms with Gasteiger partial charge in [-0.1, -0.05) is 17.3 Å². The first-order valence-corrected chi connectivity index (χ1v) is 8.03. The maximum absolute atomic E-state index is 12.5. The van der Waals surface area contributed by atoms with Crippen LogP contribution in [-0.4, -0.2) is 50.0 Å². The van der Waals surface area contributed by atoms with Gasteiger partial charge < -0.3 is 10.0 Å². The number of carboxylic acid groups (broad SMARTS) is 1. The summed E-state index contributed by atoms with van der Waals surface area (Å²) in [6, 6.07) is 7.81. The van der Waals surface area contributed by atoms with Crippen molar-refractivity contribution >= 4 is 11.9 Å². The van der Waals surface area contributed by atoms with Crippen molar-refractivity contribution in [3.8, 4) is 5.69 Å². The Morgan fingerprint density at radius 1 is 1.29 bits per heavy atom. The summed E-state index contributed by atoms with van der Waals surface area (Å²) in [6.07, 6.45) is 3.24. The molecule has 2 aromatic rings. The molecule has 0 saturated carbocycles. The molecule has 0 atom stereocenters. The summed E-state index contributed by atoms with van der Waals surface area (Å²) < 4.78 is 1.59. The Balaban J connectivity index is 1.65. The van der Waals surface area contributed by atoms with Gasteiger partial charge in [0.2, 0.25) is 0 Å². The molecule has 7 nitrogen and oxygen atoms in total. The maximum Gasteiger partial charge on any atom is 0.303 e. The summed E-state index contributed by atoms with van der Waals surface area (Å²) in [7, 11) is 0. The van der Waals surface area contributed by atoms with Gasteiger partial charge in [-0.25, -0.2) is 4.68 Å². The molecule has 1 amide bonds. The van der Waals surface area contributed by atoms with Crippen molar-refractivity contribution in [3.05, 3.63) is 41.7 Å². The molecule has 7 heteroatoms. The van der Waals surface area contributed by atoms with Gasteiger partial charge in [0.25, 0.3) is 5.91 Å². The number of aryl methyl sites for hydroxylation is 1. The molecule has 24 heavy (non-hydrogen) atoms. The highest BCUT2D eigenvalue weighted by atomic mass is 16.4. The number of hydrogen-bond acceptors (Lipinski definition) is 4. The molecule has 0 radical (unpaired) electrons. The van der Waals surface area contributed by atoms with Crippen molar-refractivity contribution in [1.29, 1.82) is 0 Å². The van der Waals surface area contributed by atoms with Gasteiger partial charge in [0, 0.05) is 19.5 Å². The number of nitrogens with zero attached hydrogens (tertiary/aromatic N) is 4. The standard InChI is InChI=1S/C17H20N4O3/c1-12-3-2-4-14(9-12)21-11-15(18-19-21)17(24)20-7-5-13(6-8-20)10-16(22)23/h2-4,9,11,13H,5-8,10H2,1H3,(H,22,23). The van der Waals surface area contributed by atoms with E-state index in [0.717, 1.165) is 11.3 Å². The first-order chi connectivity index (χ1) is 11.5. The summed E-state index contributed by atoms with van der Waals surface area (Å²) in [6.45, 7) is 3.12. The zero-order valence-electron chi connectivity index (χ0n) is 13.6. The summed E-state index contributed by atoms with van der Waals surface area (Å²) >= 11 is 0. The van der Waals surface area contributed by atoms with Gasteiger partial charge in [-0.3, -0.25) is 9.59 Å². The lowest BCUT2D eigenvalue weighted by molar-refractivity contribution is -0.138. The molecule has 2 heterocycles. The minimum absolute atomic E-state index is 0.148. The van der Waals surface area contributed by atoms with Crippen molar-refractivity contribution in [1.82, 2.24) is 19.9 Å². The second kappa shape index (κ2) is 6.82. The topological polar surface area (TPSA) is 88.3 Å². The molecule has 1 aromatic heterocycles. The number of piperidine rings is 1. The number of likely N-dealkylation sites (tertiary alicyclic amines) is 1. The largest absolute Gasteiger partial charge is 0.481 e. The van der Waals surface area contributed by atoms with Crippen LogP contribution >= 0.6 is 0 Å². The SMILES string of the molecule is Cc1cccc(-n2cc(C(=O)N3CCC(CC(=O)O)CC3)nn2)c1. The Kier molecular flexibility index (Phi) is 4.59. The number of aromatic nitrogens is 3. The maximum atomic E-state index is 12.5. The predicted molar refractivity (Wildman–Crippen MR) is 87.0 cm³/mol. The smallest absolute Gasteiger partial charge is 0.303 e. The quantitative estimate of drug-likeness (QED) is 0.926. The van der Waals surface area contributed by atoms with E-state index >= 15 is 0 Å². The fourth-order valence-electron chi connectivity index (χ4n) is 3.01. The van der Waals surface area contributed by atoms with Crippen molar-refractivity contribution in [2.45, 2.75) is 26.2 Å². The van der Waals surface area contributed by atoms with Crippen molar-refractivity contribution < 1.29 is 14.7 Å². The lowest BCUT2D eigenvalue weighted by atomic mass is 9.93. The van der Waals surface area contributed by atoms with E-state index in [9.17, 15) is 9.59 Å². The van der Waals surface area contributed by atoms with Crippen LogP contribution in [0.3, 0.4) is 0 Å². The third-order valence-electron chi connectivity index (χ3n) is 4.34. The van der Waals surface area contributed by atoms with Crippen molar-refractivity contribution in [3.63, 3.8) is 0 Å². The van der Waals surface area contributed by atoms with Crippen molar-refractivity contribution in [2.24, 2.45) is 5.92 Å². The molecule has 0 aliphatic carbocycles. The average molecular weight is 328 g/mol. The Labute approximate surface area is 139 Å². The molecule has 0 unspecified atom stereocenters. The van der Waals surface area contributed by atoms with Crippen LogP contribution in [0.1, 0.15) is 35.3 Å². The third-order valence-corrected chi connectivity index (χ3v) is 4.34. The lowest BCUT2D eigenvalue weighted by Crippen LogP contribution is -2.39. The lowest BCUT2D eigenvalue weighted by Gasteiger charge is -2.30. The van der Waals surface area contributed by atoms with Crippen LogP contribution in [0.2, 0.25) is 0 Å². The van der Waals surface area contributed by atoms with Crippen molar-refractivity contribution in [2.75, 3.05) is 13.1 Å². The minimum atomic E-state index is -0.777. The Morgan fingerprint density at radius 2 is 2.04 bits per heavy atom. The molecule has 3 rings (SSSR count). The van der Waals surface area contributed by atoms with E-state index in [4.69, 9.17) is 5.11 Å². The van der Waals surface area contributed by atoms with Gasteiger partial charge >= 0.3 is 5.97 Å². The normalized spacial score (nSPS) is 15.5. The van der Waals surface area contributed by atoms with E-state index in [1.165, 1.54) is 0 Å². The van der Waals surface area contributed by atoms with Crippen LogP contribution in [-0.2, 0) is 4.79 Å². The van der Waals surface area contributed by atoms with E-state index < -0.39 is 5.97 Å². The van der Waals surface area contributed by atoms with Gasteiger partial charge in [-0.15, -0.1) is 5.10 Å².